The largest absolute Gasteiger partial charge is 0.380 e. The fourth-order valence-electron chi connectivity index (χ4n) is 2.42. The number of anilines is 2. The van der Waals surface area contributed by atoms with Crippen LogP contribution in [-0.4, -0.2) is 20.2 Å². The van der Waals surface area contributed by atoms with Crippen molar-refractivity contribution in [2.75, 3.05) is 11.1 Å². The maximum absolute atomic E-state index is 5.60. The van der Waals surface area contributed by atoms with Crippen LogP contribution in [0.2, 0.25) is 0 Å². The van der Waals surface area contributed by atoms with Crippen LogP contribution in [-0.2, 0) is 6.54 Å². The summed E-state index contributed by atoms with van der Waals surface area (Å²) in [6.45, 7) is 0.810. The molecule has 0 aliphatic carbocycles. The summed E-state index contributed by atoms with van der Waals surface area (Å²) in [5, 5.41) is 13.6. The molecule has 114 valence electrons. The summed E-state index contributed by atoms with van der Waals surface area (Å²) in [7, 11) is 0. The Labute approximate surface area is 136 Å². The van der Waals surface area contributed by atoms with Gasteiger partial charge in [0.1, 0.15) is 0 Å². The second-order valence-electron chi connectivity index (χ2n) is 5.08. The standard InChI is InChI=1S/C16H14N6S/c17-16-19-9-13-14(21-22-15(13)20-16)10-3-1-4-11(7-10)18-8-12-5-2-6-23-12/h1-7,9,18H,8H2,(H3,17,19,20,21,22). The van der Waals surface area contributed by atoms with Gasteiger partial charge in [0, 0.05) is 28.9 Å². The highest BCUT2D eigenvalue weighted by Gasteiger charge is 2.10. The first-order chi connectivity index (χ1) is 11.3. The molecule has 0 aliphatic rings. The molecule has 0 aliphatic heterocycles. The van der Waals surface area contributed by atoms with Gasteiger partial charge in [-0.2, -0.15) is 10.1 Å². The van der Waals surface area contributed by atoms with E-state index in [2.05, 4.69) is 49.1 Å². The van der Waals surface area contributed by atoms with E-state index in [1.165, 1.54) is 4.88 Å². The number of hydrogen-bond acceptors (Lipinski definition) is 6. The molecule has 6 nitrogen and oxygen atoms in total. The van der Waals surface area contributed by atoms with Crippen LogP contribution in [0, 0.1) is 0 Å². The molecule has 0 saturated heterocycles. The molecule has 23 heavy (non-hydrogen) atoms. The summed E-state index contributed by atoms with van der Waals surface area (Å²) in [5.41, 5.74) is 9.13. The van der Waals surface area contributed by atoms with E-state index in [0.717, 1.165) is 28.9 Å². The van der Waals surface area contributed by atoms with Gasteiger partial charge < -0.3 is 11.1 Å². The van der Waals surface area contributed by atoms with Crippen molar-refractivity contribution in [1.29, 1.82) is 0 Å². The van der Waals surface area contributed by atoms with E-state index in [9.17, 15) is 0 Å². The third kappa shape index (κ3) is 2.74. The molecule has 0 saturated carbocycles. The topological polar surface area (TPSA) is 92.5 Å². The van der Waals surface area contributed by atoms with Gasteiger partial charge in [0.25, 0.3) is 0 Å². The van der Waals surface area contributed by atoms with Crippen LogP contribution in [0.5, 0.6) is 0 Å². The number of nitrogens with zero attached hydrogens (tertiary/aromatic N) is 3. The summed E-state index contributed by atoms with van der Waals surface area (Å²) in [5.74, 6) is 0.224. The van der Waals surface area contributed by atoms with E-state index in [1.54, 1.807) is 17.5 Å². The molecular formula is C16H14N6S. The molecule has 0 atom stereocenters. The lowest BCUT2D eigenvalue weighted by molar-refractivity contribution is 1.09. The van der Waals surface area contributed by atoms with Gasteiger partial charge in [-0.1, -0.05) is 18.2 Å². The van der Waals surface area contributed by atoms with E-state index in [-0.39, 0.29) is 5.95 Å². The van der Waals surface area contributed by atoms with Gasteiger partial charge in [0.2, 0.25) is 5.95 Å². The minimum Gasteiger partial charge on any atom is -0.380 e. The number of hydrogen-bond donors (Lipinski definition) is 3. The molecule has 0 bridgehead atoms. The lowest BCUT2D eigenvalue weighted by Gasteiger charge is -2.07. The molecule has 4 aromatic rings. The monoisotopic (exact) mass is 322 g/mol. The van der Waals surface area contributed by atoms with Crippen molar-refractivity contribution in [3.05, 3.63) is 52.9 Å². The Morgan fingerprint density at radius 2 is 2.17 bits per heavy atom. The Hall–Kier alpha value is -2.93. The van der Waals surface area contributed by atoms with Crippen molar-refractivity contribution < 1.29 is 0 Å². The number of nitrogen functional groups attached to an aromatic ring is 1. The Kier molecular flexibility index (Phi) is 3.39. The molecule has 4 N–H and O–H groups in total. The van der Waals surface area contributed by atoms with Gasteiger partial charge >= 0.3 is 0 Å². The quantitative estimate of drug-likeness (QED) is 0.536. The highest BCUT2D eigenvalue weighted by atomic mass is 32.1. The van der Waals surface area contributed by atoms with E-state index in [0.29, 0.717) is 5.65 Å². The average molecular weight is 322 g/mol. The number of thiophene rings is 1. The highest BCUT2D eigenvalue weighted by Crippen LogP contribution is 2.27. The lowest BCUT2D eigenvalue weighted by atomic mass is 10.1. The molecule has 0 amide bonds. The predicted octanol–water partition coefficient (Wildman–Crippen LogP) is 3.28. The third-order valence-corrected chi connectivity index (χ3v) is 4.40. The summed E-state index contributed by atoms with van der Waals surface area (Å²) in [6, 6.07) is 12.3. The molecule has 0 radical (unpaired) electrons. The fraction of sp³-hybridized carbons (Fsp3) is 0.0625. The van der Waals surface area contributed by atoms with Gasteiger partial charge in [-0.3, -0.25) is 5.10 Å². The zero-order valence-corrected chi connectivity index (χ0v) is 13.0. The van der Waals surface area contributed by atoms with E-state index < -0.39 is 0 Å². The van der Waals surface area contributed by atoms with Crippen molar-refractivity contribution >= 4 is 34.0 Å². The molecule has 3 aromatic heterocycles. The minimum absolute atomic E-state index is 0.224. The average Bonchev–Trinajstić information content (AvgIpc) is 3.22. The zero-order valence-electron chi connectivity index (χ0n) is 12.2. The van der Waals surface area contributed by atoms with Gasteiger partial charge in [0.15, 0.2) is 5.65 Å². The minimum atomic E-state index is 0.224. The van der Waals surface area contributed by atoms with E-state index >= 15 is 0 Å². The van der Waals surface area contributed by atoms with Crippen LogP contribution >= 0.6 is 11.3 Å². The molecule has 4 rings (SSSR count). The number of fused-ring (bicyclic) bond motifs is 1. The number of H-pyrrole nitrogens is 1. The second-order valence-corrected chi connectivity index (χ2v) is 6.11. The predicted molar refractivity (Wildman–Crippen MR) is 93.2 cm³/mol. The van der Waals surface area contributed by atoms with Crippen LogP contribution in [0.4, 0.5) is 11.6 Å². The van der Waals surface area contributed by atoms with Gasteiger partial charge in [-0.25, -0.2) is 4.98 Å². The Bertz CT molecular complexity index is 944. The normalized spacial score (nSPS) is 11.0. The first-order valence-electron chi connectivity index (χ1n) is 7.13. The number of nitrogens with two attached hydrogens (primary N) is 1. The summed E-state index contributed by atoms with van der Waals surface area (Å²) >= 11 is 1.74. The van der Waals surface area contributed by atoms with Crippen molar-refractivity contribution in [3.8, 4) is 11.3 Å². The van der Waals surface area contributed by atoms with Crippen molar-refractivity contribution in [3.63, 3.8) is 0 Å². The second kappa shape index (κ2) is 5.69. The molecule has 0 fully saturated rings. The molecule has 3 heterocycles. The Morgan fingerprint density at radius 3 is 3.04 bits per heavy atom. The molecule has 7 heteroatoms. The fourth-order valence-corrected chi connectivity index (χ4v) is 3.07. The number of nitrogens with one attached hydrogen (secondary N) is 2. The Balaban J connectivity index is 1.64. The number of aromatic nitrogens is 4. The SMILES string of the molecule is Nc1ncc2c(-c3cccc(NCc4cccs4)c3)[nH]nc2n1. The van der Waals surface area contributed by atoms with Gasteiger partial charge in [-0.05, 0) is 23.6 Å². The summed E-state index contributed by atoms with van der Waals surface area (Å²) in [4.78, 5) is 9.47. The van der Waals surface area contributed by atoms with Crippen molar-refractivity contribution in [2.45, 2.75) is 6.54 Å². The molecule has 0 spiro atoms. The van der Waals surface area contributed by atoms with Crippen LogP contribution in [0.15, 0.2) is 48.0 Å². The van der Waals surface area contributed by atoms with Crippen LogP contribution in [0.3, 0.4) is 0 Å². The first kappa shape index (κ1) is 13.7. The van der Waals surface area contributed by atoms with Crippen molar-refractivity contribution in [2.24, 2.45) is 0 Å². The van der Waals surface area contributed by atoms with Crippen LogP contribution < -0.4 is 11.1 Å². The molecule has 0 unspecified atom stereocenters. The summed E-state index contributed by atoms with van der Waals surface area (Å²) < 4.78 is 0. The number of benzene rings is 1. The maximum atomic E-state index is 5.60. The van der Waals surface area contributed by atoms with Crippen molar-refractivity contribution in [1.82, 2.24) is 20.2 Å². The van der Waals surface area contributed by atoms with Crippen LogP contribution in [0.25, 0.3) is 22.3 Å². The van der Waals surface area contributed by atoms with E-state index in [4.69, 9.17) is 5.73 Å². The number of rotatable bonds is 4. The highest BCUT2D eigenvalue weighted by molar-refractivity contribution is 7.09. The lowest BCUT2D eigenvalue weighted by Crippen LogP contribution is -1.97. The smallest absolute Gasteiger partial charge is 0.222 e. The maximum Gasteiger partial charge on any atom is 0.222 e. The molecular weight excluding hydrogens is 308 g/mol. The third-order valence-electron chi connectivity index (χ3n) is 3.53. The summed E-state index contributed by atoms with van der Waals surface area (Å²) in [6.07, 6.45) is 1.70. The Morgan fingerprint density at radius 1 is 1.22 bits per heavy atom. The van der Waals surface area contributed by atoms with Gasteiger partial charge in [0.05, 0.1) is 11.1 Å². The van der Waals surface area contributed by atoms with Crippen LogP contribution in [0.1, 0.15) is 4.88 Å². The number of aromatic amines is 1. The first-order valence-corrected chi connectivity index (χ1v) is 8.01. The zero-order chi connectivity index (χ0) is 15.6. The van der Waals surface area contributed by atoms with E-state index in [1.807, 2.05) is 18.2 Å². The molecule has 1 aromatic carbocycles. The van der Waals surface area contributed by atoms with Gasteiger partial charge in [-0.15, -0.1) is 11.3 Å².